The summed E-state index contributed by atoms with van der Waals surface area (Å²) >= 11 is 0. The third-order valence-electron chi connectivity index (χ3n) is 3.91. The molecule has 0 fully saturated rings. The van der Waals surface area contributed by atoms with Crippen LogP contribution in [0.4, 0.5) is 0 Å². The first kappa shape index (κ1) is 13.2. The molecule has 0 aliphatic heterocycles. The zero-order valence-electron chi connectivity index (χ0n) is 12.0. The summed E-state index contributed by atoms with van der Waals surface area (Å²) < 4.78 is 6.04. The molecule has 2 aromatic rings. The second-order valence-corrected chi connectivity index (χ2v) is 5.66. The first-order valence-corrected chi connectivity index (χ1v) is 7.14. The summed E-state index contributed by atoms with van der Waals surface area (Å²) in [7, 11) is 0. The van der Waals surface area contributed by atoms with Gasteiger partial charge in [0.25, 0.3) is 0 Å². The van der Waals surface area contributed by atoms with Crippen molar-refractivity contribution in [1.82, 2.24) is 0 Å². The monoisotopic (exact) mass is 268 g/mol. The van der Waals surface area contributed by atoms with E-state index >= 15 is 0 Å². The van der Waals surface area contributed by atoms with Gasteiger partial charge >= 0.3 is 0 Å². The van der Waals surface area contributed by atoms with Crippen molar-refractivity contribution in [1.29, 1.82) is 0 Å². The first-order chi connectivity index (χ1) is 9.63. The van der Waals surface area contributed by atoms with Gasteiger partial charge in [-0.05, 0) is 61.1 Å². The SMILES string of the molecule is Cc1cc(C)cc(OC2CCc3ccccc3C2O)c1. The molecule has 1 aliphatic rings. The molecule has 1 N–H and O–H groups in total. The van der Waals surface area contributed by atoms with Crippen molar-refractivity contribution in [3.05, 3.63) is 64.7 Å². The molecule has 0 bridgehead atoms. The van der Waals surface area contributed by atoms with Crippen LogP contribution in [0.3, 0.4) is 0 Å². The zero-order valence-corrected chi connectivity index (χ0v) is 12.0. The Labute approximate surface area is 120 Å². The molecule has 2 aromatic carbocycles. The van der Waals surface area contributed by atoms with E-state index < -0.39 is 6.10 Å². The normalized spacial score (nSPS) is 21.4. The molecule has 0 amide bonds. The average Bonchev–Trinajstić information content (AvgIpc) is 2.41. The average molecular weight is 268 g/mol. The van der Waals surface area contributed by atoms with E-state index in [-0.39, 0.29) is 6.10 Å². The van der Waals surface area contributed by atoms with Crippen molar-refractivity contribution in [2.24, 2.45) is 0 Å². The fourth-order valence-electron chi connectivity index (χ4n) is 3.01. The predicted molar refractivity (Wildman–Crippen MR) is 80.1 cm³/mol. The third-order valence-corrected chi connectivity index (χ3v) is 3.91. The lowest BCUT2D eigenvalue weighted by molar-refractivity contribution is 0.0230. The molecular formula is C18H20O2. The topological polar surface area (TPSA) is 29.5 Å². The van der Waals surface area contributed by atoms with Crippen molar-refractivity contribution < 1.29 is 9.84 Å². The minimum atomic E-state index is -0.541. The maximum atomic E-state index is 10.5. The molecule has 2 heteroatoms. The van der Waals surface area contributed by atoms with Gasteiger partial charge in [-0.25, -0.2) is 0 Å². The van der Waals surface area contributed by atoms with E-state index in [1.807, 2.05) is 30.3 Å². The molecule has 0 heterocycles. The summed E-state index contributed by atoms with van der Waals surface area (Å²) in [6.07, 6.45) is 1.11. The van der Waals surface area contributed by atoms with Gasteiger partial charge in [0.1, 0.15) is 18.0 Å². The summed E-state index contributed by atoms with van der Waals surface area (Å²) in [6.45, 7) is 4.12. The fourth-order valence-corrected chi connectivity index (χ4v) is 3.01. The number of aryl methyl sites for hydroxylation is 3. The van der Waals surface area contributed by atoms with Crippen LogP contribution in [0.2, 0.25) is 0 Å². The molecule has 3 rings (SSSR count). The number of benzene rings is 2. The summed E-state index contributed by atoms with van der Waals surface area (Å²) in [6, 6.07) is 14.3. The van der Waals surface area contributed by atoms with Gasteiger partial charge in [0.05, 0.1) is 0 Å². The smallest absolute Gasteiger partial charge is 0.129 e. The molecule has 0 spiro atoms. The Morgan fingerprint density at radius 2 is 1.75 bits per heavy atom. The molecule has 1 aliphatic carbocycles. The second-order valence-electron chi connectivity index (χ2n) is 5.66. The van der Waals surface area contributed by atoms with Crippen LogP contribution >= 0.6 is 0 Å². The minimum absolute atomic E-state index is 0.161. The zero-order chi connectivity index (χ0) is 14.1. The van der Waals surface area contributed by atoms with Gasteiger partial charge < -0.3 is 9.84 Å². The summed E-state index contributed by atoms with van der Waals surface area (Å²) in [5.74, 6) is 0.853. The van der Waals surface area contributed by atoms with Crippen LogP contribution in [-0.2, 0) is 6.42 Å². The van der Waals surface area contributed by atoms with E-state index in [0.717, 1.165) is 24.2 Å². The van der Waals surface area contributed by atoms with Crippen LogP contribution in [0.5, 0.6) is 5.75 Å². The second kappa shape index (κ2) is 5.29. The molecule has 104 valence electrons. The number of aliphatic hydroxyl groups excluding tert-OH is 1. The van der Waals surface area contributed by atoms with Crippen molar-refractivity contribution in [2.45, 2.75) is 38.9 Å². The molecule has 20 heavy (non-hydrogen) atoms. The minimum Gasteiger partial charge on any atom is -0.487 e. The highest BCUT2D eigenvalue weighted by Crippen LogP contribution is 2.32. The highest BCUT2D eigenvalue weighted by atomic mass is 16.5. The maximum Gasteiger partial charge on any atom is 0.129 e. The highest BCUT2D eigenvalue weighted by molar-refractivity contribution is 5.35. The largest absolute Gasteiger partial charge is 0.487 e. The van der Waals surface area contributed by atoms with Gasteiger partial charge in [-0.15, -0.1) is 0 Å². The lowest BCUT2D eigenvalue weighted by Crippen LogP contribution is -2.30. The summed E-state index contributed by atoms with van der Waals surface area (Å²) in [4.78, 5) is 0. The van der Waals surface area contributed by atoms with Crippen molar-refractivity contribution >= 4 is 0 Å². The number of hydrogen-bond acceptors (Lipinski definition) is 2. The van der Waals surface area contributed by atoms with Gasteiger partial charge in [0.2, 0.25) is 0 Å². The van der Waals surface area contributed by atoms with Crippen LogP contribution in [-0.4, -0.2) is 11.2 Å². The Kier molecular flexibility index (Phi) is 3.49. The van der Waals surface area contributed by atoms with Gasteiger partial charge in [0.15, 0.2) is 0 Å². The lowest BCUT2D eigenvalue weighted by Gasteiger charge is -2.30. The maximum absolute atomic E-state index is 10.5. The van der Waals surface area contributed by atoms with Crippen LogP contribution in [0.25, 0.3) is 0 Å². The molecule has 2 unspecified atom stereocenters. The molecule has 2 nitrogen and oxygen atoms in total. The third kappa shape index (κ3) is 2.56. The standard InChI is InChI=1S/C18H20O2/c1-12-9-13(2)11-15(10-12)20-17-8-7-14-5-3-4-6-16(14)18(17)19/h3-6,9-11,17-19H,7-8H2,1-2H3. The Morgan fingerprint density at radius 3 is 2.50 bits per heavy atom. The van der Waals surface area contributed by atoms with Gasteiger partial charge in [-0.1, -0.05) is 30.3 Å². The Morgan fingerprint density at radius 1 is 1.05 bits per heavy atom. The van der Waals surface area contributed by atoms with Gasteiger partial charge in [0, 0.05) is 0 Å². The molecule has 0 aromatic heterocycles. The molecule has 2 atom stereocenters. The van der Waals surface area contributed by atoms with Crippen molar-refractivity contribution in [3.8, 4) is 5.75 Å². The van der Waals surface area contributed by atoms with Crippen LogP contribution in [0.1, 0.15) is 34.8 Å². The van der Waals surface area contributed by atoms with E-state index in [1.54, 1.807) is 0 Å². The van der Waals surface area contributed by atoms with E-state index in [0.29, 0.717) is 0 Å². The van der Waals surface area contributed by atoms with Gasteiger partial charge in [-0.3, -0.25) is 0 Å². The summed E-state index contributed by atoms with van der Waals surface area (Å²) in [5.41, 5.74) is 4.62. The Balaban J connectivity index is 1.82. The number of hydrogen-bond donors (Lipinski definition) is 1. The Bertz CT molecular complexity index is 598. The van der Waals surface area contributed by atoms with E-state index in [9.17, 15) is 5.11 Å². The van der Waals surface area contributed by atoms with E-state index in [4.69, 9.17) is 4.74 Å². The first-order valence-electron chi connectivity index (χ1n) is 7.14. The molecule has 0 radical (unpaired) electrons. The summed E-state index contributed by atoms with van der Waals surface area (Å²) in [5, 5.41) is 10.5. The van der Waals surface area contributed by atoms with Crippen LogP contribution in [0.15, 0.2) is 42.5 Å². The number of rotatable bonds is 2. The lowest BCUT2D eigenvalue weighted by atomic mass is 9.87. The number of fused-ring (bicyclic) bond motifs is 1. The molecule has 0 saturated carbocycles. The van der Waals surface area contributed by atoms with Crippen molar-refractivity contribution in [3.63, 3.8) is 0 Å². The van der Waals surface area contributed by atoms with E-state index in [2.05, 4.69) is 26.0 Å². The molecule has 0 saturated heterocycles. The quantitative estimate of drug-likeness (QED) is 0.899. The van der Waals surface area contributed by atoms with Crippen LogP contribution in [0, 0.1) is 13.8 Å². The highest BCUT2D eigenvalue weighted by Gasteiger charge is 2.29. The number of aliphatic hydroxyl groups is 1. The fraction of sp³-hybridized carbons (Fsp3) is 0.333. The predicted octanol–water partition coefficient (Wildman–Crippen LogP) is 3.73. The molecular weight excluding hydrogens is 248 g/mol. The van der Waals surface area contributed by atoms with Crippen LogP contribution < -0.4 is 4.74 Å². The van der Waals surface area contributed by atoms with E-state index in [1.165, 1.54) is 16.7 Å². The number of ether oxygens (including phenoxy) is 1. The Hall–Kier alpha value is -1.80. The van der Waals surface area contributed by atoms with Gasteiger partial charge in [-0.2, -0.15) is 0 Å². The van der Waals surface area contributed by atoms with Crippen molar-refractivity contribution in [2.75, 3.05) is 0 Å².